The molecule has 1 aromatic rings. The average Bonchev–Trinajstić information content (AvgIpc) is 2.23. The molecule has 0 unspecified atom stereocenters. The minimum absolute atomic E-state index is 0.0792. The van der Waals surface area contributed by atoms with Gasteiger partial charge in [0.05, 0.1) is 0 Å². The lowest BCUT2D eigenvalue weighted by Crippen LogP contribution is -2.32. The third kappa shape index (κ3) is 3.40. The monoisotopic (exact) mass is 241 g/mol. The first kappa shape index (κ1) is 12.8. The normalized spacial score (nSPS) is 10.2. The molecule has 1 amide bonds. The summed E-state index contributed by atoms with van der Waals surface area (Å²) in [5.41, 5.74) is 6.65. The molecule has 1 rings (SSSR count). The fourth-order valence-electron chi connectivity index (χ4n) is 1.34. The summed E-state index contributed by atoms with van der Waals surface area (Å²) in [6, 6.07) is 4.87. The summed E-state index contributed by atoms with van der Waals surface area (Å²) in [4.78, 5) is 13.6. The Hall–Kier alpha value is -1.26. The molecule has 0 saturated heterocycles. The van der Waals surface area contributed by atoms with Crippen LogP contribution >= 0.6 is 11.6 Å². The quantitative estimate of drug-likeness (QED) is 0.780. The molecule has 0 heterocycles. The lowest BCUT2D eigenvalue weighted by atomic mass is 10.2. The van der Waals surface area contributed by atoms with Gasteiger partial charge >= 0.3 is 0 Å². The molecule has 3 N–H and O–H groups in total. The molecule has 0 atom stereocenters. The molecule has 1 aromatic carbocycles. The molecule has 0 aliphatic heterocycles. The van der Waals surface area contributed by atoms with Crippen LogP contribution in [0.1, 0.15) is 10.4 Å². The zero-order chi connectivity index (χ0) is 12.1. The van der Waals surface area contributed by atoms with Crippen molar-refractivity contribution in [2.24, 2.45) is 0 Å². The molecule has 16 heavy (non-hydrogen) atoms. The lowest BCUT2D eigenvalue weighted by molar-refractivity contribution is 0.0797. The number of nitrogens with one attached hydrogen (secondary N) is 1. The van der Waals surface area contributed by atoms with E-state index in [4.69, 9.17) is 17.3 Å². The molecule has 0 aliphatic rings. The Labute approximate surface area is 100 Å². The van der Waals surface area contributed by atoms with Crippen molar-refractivity contribution in [2.45, 2.75) is 0 Å². The van der Waals surface area contributed by atoms with E-state index >= 15 is 0 Å². The van der Waals surface area contributed by atoms with Crippen LogP contribution in [0.5, 0.6) is 0 Å². The van der Waals surface area contributed by atoms with Crippen LogP contribution < -0.4 is 11.1 Å². The molecule has 88 valence electrons. The minimum atomic E-state index is -0.0792. The van der Waals surface area contributed by atoms with Crippen molar-refractivity contribution in [2.75, 3.05) is 32.9 Å². The highest BCUT2D eigenvalue weighted by atomic mass is 35.5. The van der Waals surface area contributed by atoms with Crippen LogP contribution in [0.15, 0.2) is 18.2 Å². The predicted molar refractivity (Wildman–Crippen MR) is 66.8 cm³/mol. The third-order valence-corrected chi connectivity index (χ3v) is 2.43. The fourth-order valence-corrected chi connectivity index (χ4v) is 1.58. The topological polar surface area (TPSA) is 58.4 Å². The lowest BCUT2D eigenvalue weighted by Gasteiger charge is -2.17. The number of carbonyl (C=O) groups excluding carboxylic acids is 1. The van der Waals surface area contributed by atoms with Crippen LogP contribution in [-0.2, 0) is 0 Å². The van der Waals surface area contributed by atoms with E-state index in [1.165, 1.54) is 0 Å². The number of amides is 1. The van der Waals surface area contributed by atoms with Crippen LogP contribution in [-0.4, -0.2) is 38.0 Å². The van der Waals surface area contributed by atoms with E-state index in [-0.39, 0.29) is 5.91 Å². The van der Waals surface area contributed by atoms with Gasteiger partial charge in [-0.25, -0.2) is 0 Å². The zero-order valence-electron chi connectivity index (χ0n) is 9.46. The molecule has 0 saturated carbocycles. The van der Waals surface area contributed by atoms with Crippen molar-refractivity contribution in [3.63, 3.8) is 0 Å². The van der Waals surface area contributed by atoms with Gasteiger partial charge in [0.15, 0.2) is 0 Å². The molecule has 5 heteroatoms. The van der Waals surface area contributed by atoms with Gasteiger partial charge in [-0.3, -0.25) is 4.79 Å². The van der Waals surface area contributed by atoms with Gasteiger partial charge in [-0.05, 0) is 25.2 Å². The van der Waals surface area contributed by atoms with Crippen LogP contribution in [0.25, 0.3) is 0 Å². The first-order valence-corrected chi connectivity index (χ1v) is 5.38. The van der Waals surface area contributed by atoms with Gasteiger partial charge in [0.1, 0.15) is 0 Å². The van der Waals surface area contributed by atoms with Gasteiger partial charge in [0, 0.05) is 36.4 Å². The Bertz CT molecular complexity index is 361. The van der Waals surface area contributed by atoms with Crippen molar-refractivity contribution in [3.8, 4) is 0 Å². The van der Waals surface area contributed by atoms with E-state index < -0.39 is 0 Å². The van der Waals surface area contributed by atoms with Gasteiger partial charge in [0.25, 0.3) is 5.91 Å². The highest BCUT2D eigenvalue weighted by molar-refractivity contribution is 6.31. The molecule has 0 aliphatic carbocycles. The van der Waals surface area contributed by atoms with Crippen molar-refractivity contribution in [1.29, 1.82) is 0 Å². The maximum Gasteiger partial charge on any atom is 0.253 e. The number of nitrogens with zero attached hydrogens (tertiary/aromatic N) is 1. The van der Waals surface area contributed by atoms with Gasteiger partial charge in [0.2, 0.25) is 0 Å². The summed E-state index contributed by atoms with van der Waals surface area (Å²) in [5, 5.41) is 3.46. The Kier molecular flexibility index (Phi) is 4.58. The number of nitrogens with two attached hydrogens (primary N) is 1. The second-order valence-electron chi connectivity index (χ2n) is 3.60. The SMILES string of the molecule is CNCCN(C)C(=O)c1cc(N)cc(Cl)c1. The first-order valence-electron chi connectivity index (χ1n) is 5.00. The number of anilines is 1. The number of carbonyl (C=O) groups is 1. The Balaban J connectivity index is 2.79. The van der Waals surface area contributed by atoms with E-state index in [1.54, 1.807) is 30.1 Å². The molecule has 4 nitrogen and oxygen atoms in total. The Morgan fingerprint density at radius 3 is 2.75 bits per heavy atom. The molecule has 0 spiro atoms. The Morgan fingerprint density at radius 2 is 2.19 bits per heavy atom. The standard InChI is InChI=1S/C11H16ClN3O/c1-14-3-4-15(2)11(16)8-5-9(12)7-10(13)6-8/h5-7,14H,3-4,13H2,1-2H3. The maximum atomic E-state index is 11.9. The number of halogens is 1. The van der Waals surface area contributed by atoms with E-state index in [9.17, 15) is 4.79 Å². The molecule has 0 bridgehead atoms. The highest BCUT2D eigenvalue weighted by Gasteiger charge is 2.12. The maximum absolute atomic E-state index is 11.9. The minimum Gasteiger partial charge on any atom is -0.399 e. The second-order valence-corrected chi connectivity index (χ2v) is 4.04. The largest absolute Gasteiger partial charge is 0.399 e. The van der Waals surface area contributed by atoms with Crippen LogP contribution in [0, 0.1) is 0 Å². The number of hydrogen-bond donors (Lipinski definition) is 2. The smallest absolute Gasteiger partial charge is 0.253 e. The van der Waals surface area contributed by atoms with Crippen molar-refractivity contribution in [3.05, 3.63) is 28.8 Å². The number of rotatable bonds is 4. The second kappa shape index (κ2) is 5.72. The van der Waals surface area contributed by atoms with Crippen molar-refractivity contribution >= 4 is 23.2 Å². The average molecular weight is 242 g/mol. The number of hydrogen-bond acceptors (Lipinski definition) is 3. The fraction of sp³-hybridized carbons (Fsp3) is 0.364. The van der Waals surface area contributed by atoms with E-state index in [1.807, 2.05) is 7.05 Å². The molecular weight excluding hydrogens is 226 g/mol. The van der Waals surface area contributed by atoms with Gasteiger partial charge in [-0.2, -0.15) is 0 Å². The van der Waals surface area contributed by atoms with Gasteiger partial charge < -0.3 is 16.0 Å². The summed E-state index contributed by atoms with van der Waals surface area (Å²) >= 11 is 5.84. The summed E-state index contributed by atoms with van der Waals surface area (Å²) in [5.74, 6) is -0.0792. The summed E-state index contributed by atoms with van der Waals surface area (Å²) in [7, 11) is 3.59. The van der Waals surface area contributed by atoms with E-state index in [0.717, 1.165) is 6.54 Å². The third-order valence-electron chi connectivity index (χ3n) is 2.21. The Morgan fingerprint density at radius 1 is 1.50 bits per heavy atom. The van der Waals surface area contributed by atoms with Crippen LogP contribution in [0.4, 0.5) is 5.69 Å². The number of benzene rings is 1. The number of likely N-dealkylation sites (N-methyl/N-ethyl adjacent to an activating group) is 2. The first-order chi connectivity index (χ1) is 7.54. The van der Waals surface area contributed by atoms with Crippen LogP contribution in [0.3, 0.4) is 0 Å². The van der Waals surface area contributed by atoms with E-state index in [0.29, 0.717) is 22.8 Å². The van der Waals surface area contributed by atoms with Gasteiger partial charge in [-0.1, -0.05) is 11.6 Å². The van der Waals surface area contributed by atoms with Crippen molar-refractivity contribution in [1.82, 2.24) is 10.2 Å². The zero-order valence-corrected chi connectivity index (χ0v) is 10.2. The molecular formula is C11H16ClN3O. The highest BCUT2D eigenvalue weighted by Crippen LogP contribution is 2.17. The molecule has 0 fully saturated rings. The van der Waals surface area contributed by atoms with E-state index in [2.05, 4.69) is 5.32 Å². The summed E-state index contributed by atoms with van der Waals surface area (Å²) in [6.07, 6.45) is 0. The number of nitrogen functional groups attached to an aromatic ring is 1. The molecule has 0 aromatic heterocycles. The van der Waals surface area contributed by atoms with Crippen molar-refractivity contribution < 1.29 is 4.79 Å². The van der Waals surface area contributed by atoms with Crippen LogP contribution in [0.2, 0.25) is 5.02 Å². The summed E-state index contributed by atoms with van der Waals surface area (Å²) < 4.78 is 0. The molecule has 0 radical (unpaired) electrons. The van der Waals surface area contributed by atoms with Gasteiger partial charge in [-0.15, -0.1) is 0 Å². The summed E-state index contributed by atoms with van der Waals surface area (Å²) in [6.45, 7) is 1.39. The predicted octanol–water partition coefficient (Wildman–Crippen LogP) is 1.21.